The Morgan fingerprint density at radius 2 is 2.12 bits per heavy atom. The van der Waals surface area contributed by atoms with Crippen molar-refractivity contribution in [3.05, 3.63) is 72.1 Å². The average molecular weight is 348 g/mol. The smallest absolute Gasteiger partial charge is 0.226 e. The number of Topliss-reactive ketones (excluding diaryl/α,β-unsaturated/α-hetero) is 1. The van der Waals surface area contributed by atoms with Gasteiger partial charge in [0.05, 0.1) is 18.2 Å². The summed E-state index contributed by atoms with van der Waals surface area (Å²) < 4.78 is 7.16. The van der Waals surface area contributed by atoms with Gasteiger partial charge in [-0.1, -0.05) is 24.3 Å². The number of anilines is 1. The van der Waals surface area contributed by atoms with Gasteiger partial charge in [0.2, 0.25) is 5.95 Å². The molecule has 5 rings (SSSR count). The van der Waals surface area contributed by atoms with E-state index in [-0.39, 0.29) is 17.5 Å². The van der Waals surface area contributed by atoms with Crippen LogP contribution in [0.4, 0.5) is 5.95 Å². The van der Waals surface area contributed by atoms with Crippen LogP contribution in [-0.4, -0.2) is 25.7 Å². The van der Waals surface area contributed by atoms with Gasteiger partial charge >= 0.3 is 0 Å². The van der Waals surface area contributed by atoms with Crippen LogP contribution < -0.4 is 5.32 Å². The van der Waals surface area contributed by atoms with E-state index in [2.05, 4.69) is 15.4 Å². The van der Waals surface area contributed by atoms with Crippen molar-refractivity contribution >= 4 is 11.7 Å². The Kier molecular flexibility index (Phi) is 3.21. The SMILES string of the molecule is O=C1C[C@H](c2ccco2)C=C2Nc3ncnn3[C@H](c3ccccc3O)[C@@H]12. The lowest BCUT2D eigenvalue weighted by Gasteiger charge is -2.37. The Hall–Kier alpha value is -3.35. The van der Waals surface area contributed by atoms with E-state index in [1.165, 1.54) is 6.33 Å². The number of phenols is 1. The molecule has 0 spiro atoms. The minimum absolute atomic E-state index is 0.0748. The van der Waals surface area contributed by atoms with Crippen LogP contribution in [-0.2, 0) is 4.79 Å². The van der Waals surface area contributed by atoms with E-state index >= 15 is 0 Å². The first-order valence-electron chi connectivity index (χ1n) is 8.44. The third kappa shape index (κ3) is 2.17. The van der Waals surface area contributed by atoms with Crippen molar-refractivity contribution < 1.29 is 14.3 Å². The molecule has 0 unspecified atom stereocenters. The van der Waals surface area contributed by atoms with E-state index < -0.39 is 12.0 Å². The standard InChI is InChI=1S/C19H16N4O3/c24-14-5-2-1-4-12(14)18-17-13(22-19-20-10-21-23(18)19)8-11(9-15(17)25)16-6-3-7-26-16/h1-8,10-11,17-18,24H,9H2,(H,20,21,22)/t11-,17-,18-/m1/s1. The first kappa shape index (κ1) is 14.9. The molecule has 3 atom stereocenters. The Morgan fingerprint density at radius 3 is 2.92 bits per heavy atom. The van der Waals surface area contributed by atoms with Gasteiger partial charge in [-0.2, -0.15) is 10.1 Å². The summed E-state index contributed by atoms with van der Waals surface area (Å²) in [6, 6.07) is 10.3. The zero-order valence-corrected chi connectivity index (χ0v) is 13.7. The Morgan fingerprint density at radius 1 is 1.23 bits per heavy atom. The molecule has 7 heteroatoms. The molecule has 3 aromatic rings. The summed E-state index contributed by atoms with van der Waals surface area (Å²) in [4.78, 5) is 17.3. The van der Waals surface area contributed by atoms with E-state index in [9.17, 15) is 9.90 Å². The molecule has 2 aromatic heterocycles. The Labute approximate surface area is 149 Å². The summed E-state index contributed by atoms with van der Waals surface area (Å²) >= 11 is 0. The van der Waals surface area contributed by atoms with Crippen LogP contribution in [0.1, 0.15) is 29.7 Å². The Balaban J connectivity index is 1.66. The molecule has 7 nitrogen and oxygen atoms in total. The molecular formula is C19H16N4O3. The summed E-state index contributed by atoms with van der Waals surface area (Å²) in [5.41, 5.74) is 1.43. The molecule has 1 aliphatic carbocycles. The van der Waals surface area contributed by atoms with Gasteiger partial charge in [0.25, 0.3) is 0 Å². The lowest BCUT2D eigenvalue weighted by molar-refractivity contribution is -0.123. The first-order valence-corrected chi connectivity index (χ1v) is 8.44. The molecule has 2 aliphatic rings. The predicted octanol–water partition coefficient (Wildman–Crippen LogP) is 2.85. The molecule has 26 heavy (non-hydrogen) atoms. The molecule has 1 aliphatic heterocycles. The van der Waals surface area contributed by atoms with E-state index in [4.69, 9.17) is 4.42 Å². The average Bonchev–Trinajstić information content (AvgIpc) is 3.32. The van der Waals surface area contributed by atoms with Gasteiger partial charge in [-0.05, 0) is 18.2 Å². The second-order valence-corrected chi connectivity index (χ2v) is 6.55. The number of benzene rings is 1. The van der Waals surface area contributed by atoms with E-state index in [1.807, 2.05) is 30.3 Å². The molecular weight excluding hydrogens is 332 g/mol. The van der Waals surface area contributed by atoms with Gasteiger partial charge in [0.1, 0.15) is 23.6 Å². The van der Waals surface area contributed by atoms with Crippen LogP contribution in [0.25, 0.3) is 0 Å². The van der Waals surface area contributed by atoms with Crippen molar-refractivity contribution in [3.63, 3.8) is 0 Å². The zero-order valence-electron chi connectivity index (χ0n) is 13.7. The van der Waals surface area contributed by atoms with Gasteiger partial charge in [0, 0.05) is 23.6 Å². The molecule has 0 radical (unpaired) electrons. The van der Waals surface area contributed by atoms with E-state index in [1.54, 1.807) is 23.1 Å². The van der Waals surface area contributed by atoms with Crippen LogP contribution in [0.15, 0.2) is 65.2 Å². The molecule has 2 N–H and O–H groups in total. The van der Waals surface area contributed by atoms with Crippen LogP contribution in [0.2, 0.25) is 0 Å². The van der Waals surface area contributed by atoms with Crippen molar-refractivity contribution in [2.75, 3.05) is 5.32 Å². The molecule has 1 aromatic carbocycles. The number of fused-ring (bicyclic) bond motifs is 2. The highest BCUT2D eigenvalue weighted by atomic mass is 16.3. The summed E-state index contributed by atoms with van der Waals surface area (Å²) in [6.45, 7) is 0. The number of phenolic OH excluding ortho intramolecular Hbond substituents is 1. The lowest BCUT2D eigenvalue weighted by atomic mass is 9.76. The molecule has 130 valence electrons. The maximum atomic E-state index is 13.1. The fourth-order valence-corrected chi connectivity index (χ4v) is 3.91. The van der Waals surface area contributed by atoms with Crippen LogP contribution in [0.5, 0.6) is 5.75 Å². The second kappa shape index (κ2) is 5.59. The van der Waals surface area contributed by atoms with Crippen molar-refractivity contribution in [1.29, 1.82) is 0 Å². The number of ketones is 1. The number of allylic oxidation sites excluding steroid dienone is 2. The molecule has 0 saturated heterocycles. The van der Waals surface area contributed by atoms with E-state index in [0.717, 1.165) is 11.5 Å². The van der Waals surface area contributed by atoms with Crippen LogP contribution in [0.3, 0.4) is 0 Å². The number of nitrogens with one attached hydrogen (secondary N) is 1. The van der Waals surface area contributed by atoms with Gasteiger partial charge in [-0.25, -0.2) is 4.68 Å². The van der Waals surface area contributed by atoms with Gasteiger partial charge in [-0.15, -0.1) is 0 Å². The molecule has 3 heterocycles. The summed E-state index contributed by atoms with van der Waals surface area (Å²) in [6.07, 6.45) is 5.43. The molecule has 0 fully saturated rings. The highest BCUT2D eigenvalue weighted by Gasteiger charge is 2.44. The first-order chi connectivity index (χ1) is 12.7. The van der Waals surface area contributed by atoms with Crippen molar-refractivity contribution in [1.82, 2.24) is 14.8 Å². The number of aromatic hydroxyl groups is 1. The minimum atomic E-state index is -0.455. The number of aromatic nitrogens is 3. The van der Waals surface area contributed by atoms with Crippen LogP contribution in [0, 0.1) is 5.92 Å². The molecule has 0 saturated carbocycles. The predicted molar refractivity (Wildman–Crippen MR) is 92.5 cm³/mol. The van der Waals surface area contributed by atoms with E-state index in [0.29, 0.717) is 17.9 Å². The van der Waals surface area contributed by atoms with Gasteiger partial charge in [0.15, 0.2) is 0 Å². The number of carbonyl (C=O) groups is 1. The second-order valence-electron chi connectivity index (χ2n) is 6.55. The third-order valence-corrected chi connectivity index (χ3v) is 5.06. The zero-order chi connectivity index (χ0) is 17.7. The highest BCUT2D eigenvalue weighted by molar-refractivity contribution is 5.88. The van der Waals surface area contributed by atoms with Crippen molar-refractivity contribution in [3.8, 4) is 5.75 Å². The number of hydrogen-bond donors (Lipinski definition) is 2. The minimum Gasteiger partial charge on any atom is -0.508 e. The monoisotopic (exact) mass is 348 g/mol. The highest BCUT2D eigenvalue weighted by Crippen LogP contribution is 2.45. The maximum absolute atomic E-state index is 13.1. The number of para-hydroxylation sites is 1. The van der Waals surface area contributed by atoms with Crippen molar-refractivity contribution in [2.24, 2.45) is 5.92 Å². The normalized spacial score (nSPS) is 24.4. The summed E-state index contributed by atoms with van der Waals surface area (Å²) in [5, 5.41) is 17.9. The largest absolute Gasteiger partial charge is 0.508 e. The number of nitrogens with zero attached hydrogens (tertiary/aromatic N) is 3. The number of carbonyl (C=O) groups excluding carboxylic acids is 1. The van der Waals surface area contributed by atoms with Crippen LogP contribution >= 0.6 is 0 Å². The summed E-state index contributed by atoms with van der Waals surface area (Å²) in [7, 11) is 0. The molecule has 0 bridgehead atoms. The third-order valence-electron chi connectivity index (χ3n) is 5.06. The summed E-state index contributed by atoms with van der Waals surface area (Å²) in [5.74, 6) is 0.956. The van der Waals surface area contributed by atoms with Gasteiger partial charge in [-0.3, -0.25) is 4.79 Å². The molecule has 0 amide bonds. The number of hydrogen-bond acceptors (Lipinski definition) is 6. The Bertz CT molecular complexity index is 1010. The van der Waals surface area contributed by atoms with Gasteiger partial charge < -0.3 is 14.8 Å². The maximum Gasteiger partial charge on any atom is 0.226 e. The quantitative estimate of drug-likeness (QED) is 0.740. The topological polar surface area (TPSA) is 93.2 Å². The van der Waals surface area contributed by atoms with Crippen molar-refractivity contribution in [2.45, 2.75) is 18.4 Å². The fourth-order valence-electron chi connectivity index (χ4n) is 3.91. The number of rotatable bonds is 2. The number of furan rings is 1. The lowest BCUT2D eigenvalue weighted by Crippen LogP contribution is -2.40. The fraction of sp³-hybridized carbons (Fsp3) is 0.211.